The van der Waals surface area contributed by atoms with Crippen LogP contribution in [-0.4, -0.2) is 23.9 Å². The van der Waals surface area contributed by atoms with Gasteiger partial charge in [0.2, 0.25) is 5.91 Å². The van der Waals surface area contributed by atoms with Crippen molar-refractivity contribution >= 4 is 5.91 Å². The molecule has 0 bridgehead atoms. The SMILES string of the molecule is CC#CC1CCCN(C(C)=O)C1. The second-order valence-electron chi connectivity index (χ2n) is 3.20. The lowest BCUT2D eigenvalue weighted by molar-refractivity contribution is -0.130. The first-order valence-corrected chi connectivity index (χ1v) is 4.42. The van der Waals surface area contributed by atoms with Gasteiger partial charge in [0.25, 0.3) is 0 Å². The average Bonchev–Trinajstić information content (AvgIpc) is 2.05. The minimum absolute atomic E-state index is 0.178. The number of hydrogen-bond acceptors (Lipinski definition) is 1. The van der Waals surface area contributed by atoms with Gasteiger partial charge in [0.1, 0.15) is 0 Å². The summed E-state index contributed by atoms with van der Waals surface area (Å²) in [5, 5.41) is 0. The first-order chi connectivity index (χ1) is 5.74. The molecule has 12 heavy (non-hydrogen) atoms. The van der Waals surface area contributed by atoms with Crippen molar-refractivity contribution in [1.29, 1.82) is 0 Å². The number of likely N-dealkylation sites (tertiary alicyclic amines) is 1. The van der Waals surface area contributed by atoms with Gasteiger partial charge < -0.3 is 4.90 Å². The van der Waals surface area contributed by atoms with E-state index in [1.807, 2.05) is 11.8 Å². The summed E-state index contributed by atoms with van der Waals surface area (Å²) in [4.78, 5) is 12.9. The molecule has 0 aliphatic carbocycles. The zero-order valence-electron chi connectivity index (χ0n) is 7.76. The van der Waals surface area contributed by atoms with Crippen LogP contribution in [0.3, 0.4) is 0 Å². The highest BCUT2D eigenvalue weighted by molar-refractivity contribution is 5.73. The van der Waals surface area contributed by atoms with Crippen LogP contribution >= 0.6 is 0 Å². The second-order valence-corrected chi connectivity index (χ2v) is 3.20. The van der Waals surface area contributed by atoms with E-state index in [-0.39, 0.29) is 5.91 Å². The summed E-state index contributed by atoms with van der Waals surface area (Å²) in [7, 11) is 0. The monoisotopic (exact) mass is 165 g/mol. The largest absolute Gasteiger partial charge is 0.342 e. The van der Waals surface area contributed by atoms with Crippen molar-refractivity contribution in [3.8, 4) is 11.8 Å². The third kappa shape index (κ3) is 2.27. The quantitative estimate of drug-likeness (QED) is 0.495. The first-order valence-electron chi connectivity index (χ1n) is 4.42. The maximum absolute atomic E-state index is 11.0. The Kier molecular flexibility index (Phi) is 3.16. The van der Waals surface area contributed by atoms with Gasteiger partial charge in [-0.2, -0.15) is 0 Å². The summed E-state index contributed by atoms with van der Waals surface area (Å²) in [6.07, 6.45) is 2.24. The van der Waals surface area contributed by atoms with E-state index in [2.05, 4.69) is 11.8 Å². The number of amides is 1. The van der Waals surface area contributed by atoms with E-state index >= 15 is 0 Å². The van der Waals surface area contributed by atoms with Gasteiger partial charge in [-0.05, 0) is 19.8 Å². The predicted molar refractivity (Wildman–Crippen MR) is 48.4 cm³/mol. The van der Waals surface area contributed by atoms with Crippen LogP contribution in [0.4, 0.5) is 0 Å². The van der Waals surface area contributed by atoms with Crippen molar-refractivity contribution in [2.45, 2.75) is 26.7 Å². The fraction of sp³-hybridized carbons (Fsp3) is 0.700. The van der Waals surface area contributed by atoms with Crippen molar-refractivity contribution < 1.29 is 4.79 Å². The molecular formula is C10H15NO. The predicted octanol–water partition coefficient (Wildman–Crippen LogP) is 1.27. The Hall–Kier alpha value is -0.970. The molecule has 1 aliphatic rings. The fourth-order valence-electron chi connectivity index (χ4n) is 1.59. The molecule has 0 aromatic heterocycles. The molecule has 1 unspecified atom stereocenters. The van der Waals surface area contributed by atoms with Crippen LogP contribution in [0.5, 0.6) is 0 Å². The van der Waals surface area contributed by atoms with Gasteiger partial charge in [-0.1, -0.05) is 5.92 Å². The third-order valence-corrected chi connectivity index (χ3v) is 2.22. The molecular weight excluding hydrogens is 150 g/mol. The van der Waals surface area contributed by atoms with Gasteiger partial charge in [0, 0.05) is 25.9 Å². The number of nitrogens with zero attached hydrogens (tertiary/aromatic N) is 1. The molecule has 1 rings (SSSR count). The van der Waals surface area contributed by atoms with Gasteiger partial charge in [0.05, 0.1) is 0 Å². The van der Waals surface area contributed by atoms with Gasteiger partial charge in [-0.15, -0.1) is 5.92 Å². The lowest BCUT2D eigenvalue weighted by Crippen LogP contribution is -2.38. The lowest BCUT2D eigenvalue weighted by atomic mass is 9.99. The van der Waals surface area contributed by atoms with E-state index in [0.29, 0.717) is 5.92 Å². The maximum Gasteiger partial charge on any atom is 0.219 e. The van der Waals surface area contributed by atoms with E-state index in [1.165, 1.54) is 0 Å². The summed E-state index contributed by atoms with van der Waals surface area (Å²) in [5.41, 5.74) is 0. The van der Waals surface area contributed by atoms with Gasteiger partial charge in [0.15, 0.2) is 0 Å². The Labute approximate surface area is 73.9 Å². The summed E-state index contributed by atoms with van der Waals surface area (Å²) in [6, 6.07) is 0. The molecule has 66 valence electrons. The molecule has 1 fully saturated rings. The Morgan fingerprint density at radius 1 is 1.58 bits per heavy atom. The normalized spacial score (nSPS) is 22.8. The van der Waals surface area contributed by atoms with Crippen molar-refractivity contribution in [3.63, 3.8) is 0 Å². The summed E-state index contributed by atoms with van der Waals surface area (Å²) in [5.74, 6) is 6.62. The Bertz CT molecular complexity index is 224. The van der Waals surface area contributed by atoms with E-state index < -0.39 is 0 Å². The van der Waals surface area contributed by atoms with Crippen molar-refractivity contribution in [2.75, 3.05) is 13.1 Å². The molecule has 0 N–H and O–H groups in total. The van der Waals surface area contributed by atoms with Crippen molar-refractivity contribution in [1.82, 2.24) is 4.90 Å². The Balaban J connectivity index is 2.49. The van der Waals surface area contributed by atoms with Crippen LogP contribution in [0.1, 0.15) is 26.7 Å². The zero-order chi connectivity index (χ0) is 8.97. The Morgan fingerprint density at radius 2 is 2.33 bits per heavy atom. The van der Waals surface area contributed by atoms with E-state index in [0.717, 1.165) is 25.9 Å². The van der Waals surface area contributed by atoms with Crippen LogP contribution in [0, 0.1) is 17.8 Å². The zero-order valence-corrected chi connectivity index (χ0v) is 7.76. The van der Waals surface area contributed by atoms with Gasteiger partial charge in [-0.25, -0.2) is 0 Å². The fourth-order valence-corrected chi connectivity index (χ4v) is 1.59. The number of hydrogen-bond donors (Lipinski definition) is 0. The lowest BCUT2D eigenvalue weighted by Gasteiger charge is -2.29. The van der Waals surface area contributed by atoms with Crippen LogP contribution in [0.2, 0.25) is 0 Å². The second kappa shape index (κ2) is 4.15. The molecule has 0 radical (unpaired) electrons. The number of rotatable bonds is 0. The molecule has 0 aromatic rings. The smallest absolute Gasteiger partial charge is 0.219 e. The molecule has 1 heterocycles. The molecule has 0 aromatic carbocycles. The highest BCUT2D eigenvalue weighted by Crippen LogP contribution is 2.15. The van der Waals surface area contributed by atoms with Gasteiger partial charge >= 0.3 is 0 Å². The van der Waals surface area contributed by atoms with E-state index in [1.54, 1.807) is 6.92 Å². The van der Waals surface area contributed by atoms with E-state index in [9.17, 15) is 4.79 Å². The van der Waals surface area contributed by atoms with Crippen molar-refractivity contribution in [3.05, 3.63) is 0 Å². The van der Waals surface area contributed by atoms with Crippen LogP contribution < -0.4 is 0 Å². The number of piperidine rings is 1. The van der Waals surface area contributed by atoms with Crippen LogP contribution in [0.15, 0.2) is 0 Å². The molecule has 1 aliphatic heterocycles. The third-order valence-electron chi connectivity index (χ3n) is 2.22. The molecule has 0 saturated carbocycles. The topological polar surface area (TPSA) is 20.3 Å². The molecule has 2 heteroatoms. The van der Waals surface area contributed by atoms with Crippen LogP contribution in [0.25, 0.3) is 0 Å². The minimum Gasteiger partial charge on any atom is -0.342 e. The van der Waals surface area contributed by atoms with Crippen molar-refractivity contribution in [2.24, 2.45) is 5.92 Å². The molecule has 2 nitrogen and oxygen atoms in total. The summed E-state index contributed by atoms with van der Waals surface area (Å²) in [6.45, 7) is 5.22. The molecule has 1 atom stereocenters. The summed E-state index contributed by atoms with van der Waals surface area (Å²) < 4.78 is 0. The minimum atomic E-state index is 0.178. The van der Waals surface area contributed by atoms with Gasteiger partial charge in [-0.3, -0.25) is 4.79 Å². The average molecular weight is 165 g/mol. The molecule has 1 amide bonds. The number of carbonyl (C=O) groups excluding carboxylic acids is 1. The molecule has 1 saturated heterocycles. The highest BCUT2D eigenvalue weighted by atomic mass is 16.2. The van der Waals surface area contributed by atoms with E-state index in [4.69, 9.17) is 0 Å². The first kappa shape index (κ1) is 9.12. The van der Waals surface area contributed by atoms with Crippen LogP contribution in [-0.2, 0) is 4.79 Å². The highest BCUT2D eigenvalue weighted by Gasteiger charge is 2.19. The standard InChI is InChI=1S/C10H15NO/c1-3-5-10-6-4-7-11(8-10)9(2)12/h10H,4,6-8H2,1-2H3. The number of carbonyl (C=O) groups is 1. The molecule has 0 spiro atoms. The Morgan fingerprint density at radius 3 is 2.92 bits per heavy atom. The summed E-state index contributed by atoms with van der Waals surface area (Å²) >= 11 is 0. The maximum atomic E-state index is 11.0.